The molecule has 7 heteroatoms. The number of rotatable bonds is 8. The molecule has 0 aliphatic carbocycles. The fraction of sp³-hybridized carbons (Fsp3) is 0.214. The van der Waals surface area contributed by atoms with Crippen molar-refractivity contribution in [2.45, 2.75) is 19.4 Å². The van der Waals surface area contributed by atoms with Crippen molar-refractivity contribution in [1.82, 2.24) is 0 Å². The van der Waals surface area contributed by atoms with E-state index in [1.165, 1.54) is 12.0 Å². The van der Waals surface area contributed by atoms with Crippen LogP contribution in [0.2, 0.25) is 0 Å². The van der Waals surface area contributed by atoms with Gasteiger partial charge in [0.25, 0.3) is 11.7 Å². The average Bonchev–Trinajstić information content (AvgIpc) is 3.17. The van der Waals surface area contributed by atoms with Crippen molar-refractivity contribution < 1.29 is 28.9 Å². The maximum Gasteiger partial charge on any atom is 0.300 e. The molecule has 1 atom stereocenters. The predicted octanol–water partition coefficient (Wildman–Crippen LogP) is 5.12. The number of anilines is 1. The number of amides is 1. The van der Waals surface area contributed by atoms with Crippen molar-refractivity contribution in [2.24, 2.45) is 0 Å². The first-order chi connectivity index (χ1) is 17.0. The van der Waals surface area contributed by atoms with E-state index in [0.717, 1.165) is 6.42 Å². The molecule has 0 spiro atoms. The summed E-state index contributed by atoms with van der Waals surface area (Å²) in [6.45, 7) is 2.53. The summed E-state index contributed by atoms with van der Waals surface area (Å²) < 4.78 is 16.4. The lowest BCUT2D eigenvalue weighted by atomic mass is 9.95. The number of hydrogen-bond acceptors (Lipinski definition) is 6. The van der Waals surface area contributed by atoms with Crippen LogP contribution in [0.5, 0.6) is 17.2 Å². The predicted molar refractivity (Wildman–Crippen MR) is 133 cm³/mol. The van der Waals surface area contributed by atoms with Crippen LogP contribution in [0, 0.1) is 0 Å². The smallest absolute Gasteiger partial charge is 0.300 e. The quantitative estimate of drug-likeness (QED) is 0.278. The summed E-state index contributed by atoms with van der Waals surface area (Å²) in [6, 6.07) is 20.0. The number of Topliss-reactive ketones (excluding diaryl/α,β-unsaturated/α-hetero) is 1. The summed E-state index contributed by atoms with van der Waals surface area (Å²) in [6.07, 6.45) is 0.832. The topological polar surface area (TPSA) is 85.3 Å². The summed E-state index contributed by atoms with van der Waals surface area (Å²) in [4.78, 5) is 28.1. The maximum absolute atomic E-state index is 13.4. The first-order valence-electron chi connectivity index (χ1n) is 11.3. The van der Waals surface area contributed by atoms with Gasteiger partial charge in [-0.1, -0.05) is 37.3 Å². The number of ketones is 1. The van der Waals surface area contributed by atoms with Crippen LogP contribution in [0.4, 0.5) is 5.69 Å². The van der Waals surface area contributed by atoms with Gasteiger partial charge in [-0.05, 0) is 48.4 Å². The Kier molecular flexibility index (Phi) is 7.06. The normalized spacial score (nSPS) is 16.9. The van der Waals surface area contributed by atoms with Gasteiger partial charge in [0.2, 0.25) is 0 Å². The average molecular weight is 474 g/mol. The van der Waals surface area contributed by atoms with Crippen molar-refractivity contribution >= 4 is 23.1 Å². The zero-order valence-electron chi connectivity index (χ0n) is 19.9. The van der Waals surface area contributed by atoms with Gasteiger partial charge in [-0.25, -0.2) is 0 Å². The van der Waals surface area contributed by atoms with E-state index in [9.17, 15) is 14.7 Å². The SMILES string of the molecule is CCCOc1cccc(N2C(=O)C(=O)/C(=C(/O)c3cccc(OC)c3)C2c2cccc(OC)c2)c1. The number of methoxy groups -OCH3 is 2. The van der Waals surface area contributed by atoms with Crippen molar-refractivity contribution in [2.75, 3.05) is 25.7 Å². The van der Waals surface area contributed by atoms with Crippen molar-refractivity contribution in [3.05, 3.63) is 89.5 Å². The van der Waals surface area contributed by atoms with E-state index < -0.39 is 17.7 Å². The minimum absolute atomic E-state index is 0.0172. The van der Waals surface area contributed by atoms with Crippen LogP contribution in [0.1, 0.15) is 30.5 Å². The summed E-state index contributed by atoms with van der Waals surface area (Å²) in [5.41, 5.74) is 1.46. The fourth-order valence-electron chi connectivity index (χ4n) is 4.09. The molecule has 7 nitrogen and oxygen atoms in total. The van der Waals surface area contributed by atoms with E-state index in [0.29, 0.717) is 40.7 Å². The number of carbonyl (C=O) groups excluding carboxylic acids is 2. The number of carbonyl (C=O) groups is 2. The first kappa shape index (κ1) is 23.9. The van der Waals surface area contributed by atoms with E-state index in [-0.39, 0.29) is 11.3 Å². The highest BCUT2D eigenvalue weighted by molar-refractivity contribution is 6.51. The van der Waals surface area contributed by atoms with Gasteiger partial charge in [0.05, 0.1) is 32.4 Å². The molecule has 1 saturated heterocycles. The largest absolute Gasteiger partial charge is 0.507 e. The standard InChI is InChI=1S/C28H27NO6/c1-4-14-35-23-13-7-10-20(17-23)29-25(18-8-5-11-21(15-18)33-2)24(27(31)28(29)32)26(30)19-9-6-12-22(16-19)34-3/h5-13,15-17,25,30H,4,14H2,1-3H3/b26-24+. The van der Waals surface area contributed by atoms with Crippen molar-refractivity contribution in [3.8, 4) is 17.2 Å². The molecule has 0 saturated carbocycles. The molecule has 0 bridgehead atoms. The van der Waals surface area contributed by atoms with Gasteiger partial charge in [0.15, 0.2) is 0 Å². The van der Waals surface area contributed by atoms with Gasteiger partial charge >= 0.3 is 0 Å². The third-order valence-corrected chi connectivity index (χ3v) is 5.77. The van der Waals surface area contributed by atoms with Gasteiger partial charge in [-0.15, -0.1) is 0 Å². The Morgan fingerprint density at radius 3 is 2.26 bits per heavy atom. The molecule has 35 heavy (non-hydrogen) atoms. The van der Waals surface area contributed by atoms with Gasteiger partial charge in [-0.3, -0.25) is 14.5 Å². The molecule has 0 aromatic heterocycles. The van der Waals surface area contributed by atoms with Crippen LogP contribution >= 0.6 is 0 Å². The number of ether oxygens (including phenoxy) is 3. The summed E-state index contributed by atoms with van der Waals surface area (Å²) in [5, 5.41) is 11.3. The Labute approximate surface area is 204 Å². The van der Waals surface area contributed by atoms with Gasteiger partial charge in [0.1, 0.15) is 23.0 Å². The number of benzene rings is 3. The van der Waals surface area contributed by atoms with Crippen LogP contribution in [-0.4, -0.2) is 37.6 Å². The Hall–Kier alpha value is -4.26. The molecule has 1 aliphatic rings. The lowest BCUT2D eigenvalue weighted by molar-refractivity contribution is -0.132. The second-order valence-electron chi connectivity index (χ2n) is 8.02. The summed E-state index contributed by atoms with van der Waals surface area (Å²) in [7, 11) is 3.06. The highest BCUT2D eigenvalue weighted by Gasteiger charge is 2.47. The molecule has 1 unspecified atom stereocenters. The minimum Gasteiger partial charge on any atom is -0.507 e. The van der Waals surface area contributed by atoms with E-state index in [1.807, 2.05) is 6.92 Å². The van der Waals surface area contributed by atoms with Crippen LogP contribution in [-0.2, 0) is 9.59 Å². The summed E-state index contributed by atoms with van der Waals surface area (Å²) in [5.74, 6) is -0.135. The third kappa shape index (κ3) is 4.71. The highest BCUT2D eigenvalue weighted by Crippen LogP contribution is 2.43. The molecular formula is C28H27NO6. The van der Waals surface area contributed by atoms with Gasteiger partial charge < -0.3 is 19.3 Å². The zero-order valence-corrected chi connectivity index (χ0v) is 19.9. The second-order valence-corrected chi connectivity index (χ2v) is 8.02. The monoisotopic (exact) mass is 473 g/mol. The highest BCUT2D eigenvalue weighted by atomic mass is 16.5. The Morgan fingerprint density at radius 1 is 0.886 bits per heavy atom. The number of nitrogens with zero attached hydrogens (tertiary/aromatic N) is 1. The van der Waals surface area contributed by atoms with Crippen LogP contribution < -0.4 is 19.1 Å². The Bertz CT molecular complexity index is 1280. The van der Waals surface area contributed by atoms with E-state index >= 15 is 0 Å². The van der Waals surface area contributed by atoms with Crippen LogP contribution in [0.3, 0.4) is 0 Å². The van der Waals surface area contributed by atoms with Crippen LogP contribution in [0.25, 0.3) is 5.76 Å². The molecule has 4 rings (SSSR count). The lowest BCUT2D eigenvalue weighted by Gasteiger charge is -2.26. The number of hydrogen-bond donors (Lipinski definition) is 1. The molecule has 3 aromatic rings. The van der Waals surface area contributed by atoms with Crippen molar-refractivity contribution in [3.63, 3.8) is 0 Å². The van der Waals surface area contributed by atoms with Crippen LogP contribution in [0.15, 0.2) is 78.4 Å². The van der Waals surface area contributed by atoms with Crippen molar-refractivity contribution in [1.29, 1.82) is 0 Å². The second kappa shape index (κ2) is 10.3. The van der Waals surface area contributed by atoms with E-state index in [4.69, 9.17) is 14.2 Å². The van der Waals surface area contributed by atoms with E-state index in [1.54, 1.807) is 79.9 Å². The van der Waals surface area contributed by atoms with Gasteiger partial charge in [0, 0.05) is 17.3 Å². The zero-order chi connectivity index (χ0) is 24.9. The Balaban J connectivity index is 1.91. The number of aliphatic hydroxyl groups is 1. The first-order valence-corrected chi connectivity index (χ1v) is 11.3. The van der Waals surface area contributed by atoms with Gasteiger partial charge in [-0.2, -0.15) is 0 Å². The number of aliphatic hydroxyl groups excluding tert-OH is 1. The fourth-order valence-corrected chi connectivity index (χ4v) is 4.09. The Morgan fingerprint density at radius 2 is 1.54 bits per heavy atom. The van der Waals surface area contributed by atoms with E-state index in [2.05, 4.69) is 0 Å². The maximum atomic E-state index is 13.4. The molecule has 1 heterocycles. The molecule has 180 valence electrons. The lowest BCUT2D eigenvalue weighted by Crippen LogP contribution is -2.29. The minimum atomic E-state index is -0.877. The molecular weight excluding hydrogens is 446 g/mol. The molecule has 1 N–H and O–H groups in total. The summed E-state index contributed by atoms with van der Waals surface area (Å²) >= 11 is 0. The molecule has 0 radical (unpaired) electrons. The molecule has 1 aliphatic heterocycles. The third-order valence-electron chi connectivity index (χ3n) is 5.77. The molecule has 3 aromatic carbocycles. The molecule has 1 fully saturated rings. The molecule has 1 amide bonds.